The van der Waals surface area contributed by atoms with E-state index >= 15 is 0 Å². The van der Waals surface area contributed by atoms with Gasteiger partial charge in [-0.05, 0) is 18.9 Å². The fourth-order valence-electron chi connectivity index (χ4n) is 2.08. The van der Waals surface area contributed by atoms with E-state index in [1.165, 1.54) is 57.3 Å². The third-order valence-corrected chi connectivity index (χ3v) is 3.42. The zero-order valence-corrected chi connectivity index (χ0v) is 14.6. The number of hydrogen-bond acceptors (Lipinski definition) is 4. The molecule has 132 valence electrons. The van der Waals surface area contributed by atoms with Gasteiger partial charge in [-0.1, -0.05) is 64.5 Å². The van der Waals surface area contributed by atoms with Gasteiger partial charge in [0.15, 0.2) is 0 Å². The summed E-state index contributed by atoms with van der Waals surface area (Å²) in [7, 11) is 0. The third-order valence-electron chi connectivity index (χ3n) is 3.42. The van der Waals surface area contributed by atoms with Gasteiger partial charge in [0.05, 0.1) is 19.1 Å². The van der Waals surface area contributed by atoms with Crippen molar-refractivity contribution >= 4 is 11.9 Å². The van der Waals surface area contributed by atoms with Crippen LogP contribution in [0.1, 0.15) is 77.6 Å². The van der Waals surface area contributed by atoms with Crippen LogP contribution in [-0.4, -0.2) is 18.5 Å². The molecule has 0 spiro atoms. The zero-order chi connectivity index (χ0) is 17.2. The van der Waals surface area contributed by atoms with E-state index in [2.05, 4.69) is 13.5 Å². The van der Waals surface area contributed by atoms with Gasteiger partial charge in [-0.2, -0.15) is 0 Å². The summed E-state index contributed by atoms with van der Waals surface area (Å²) in [6.45, 7) is 5.85. The number of hydrogen-bond donors (Lipinski definition) is 0. The Morgan fingerprint density at radius 3 is 2.17 bits per heavy atom. The molecule has 0 aromatic carbocycles. The molecule has 0 aliphatic carbocycles. The SMILES string of the molecule is C=CCOC(=O)CCC(=O)OC=CCCCCCCCCCC. The minimum absolute atomic E-state index is 0.0398. The van der Waals surface area contributed by atoms with E-state index in [9.17, 15) is 9.59 Å². The summed E-state index contributed by atoms with van der Waals surface area (Å²) < 4.78 is 9.69. The van der Waals surface area contributed by atoms with E-state index in [4.69, 9.17) is 9.47 Å². The Labute approximate surface area is 140 Å². The van der Waals surface area contributed by atoms with E-state index in [0.29, 0.717) is 0 Å². The highest BCUT2D eigenvalue weighted by Crippen LogP contribution is 2.09. The highest BCUT2D eigenvalue weighted by Gasteiger charge is 2.07. The third kappa shape index (κ3) is 16.6. The van der Waals surface area contributed by atoms with Gasteiger partial charge in [0.25, 0.3) is 0 Å². The summed E-state index contributed by atoms with van der Waals surface area (Å²) in [5.41, 5.74) is 0. The van der Waals surface area contributed by atoms with Crippen LogP contribution in [0.15, 0.2) is 25.0 Å². The number of carbonyl (C=O) groups is 2. The van der Waals surface area contributed by atoms with Crippen molar-refractivity contribution in [3.05, 3.63) is 25.0 Å². The molecule has 0 radical (unpaired) electrons. The molecule has 23 heavy (non-hydrogen) atoms. The first kappa shape index (κ1) is 21.4. The molecule has 0 amide bonds. The first-order chi connectivity index (χ1) is 11.2. The van der Waals surface area contributed by atoms with Gasteiger partial charge in [-0.3, -0.25) is 9.59 Å². The average Bonchev–Trinajstić information content (AvgIpc) is 2.56. The molecule has 0 aromatic rings. The Morgan fingerprint density at radius 1 is 0.913 bits per heavy atom. The van der Waals surface area contributed by atoms with Crippen LogP contribution in [-0.2, 0) is 19.1 Å². The molecule has 0 fully saturated rings. The second kappa shape index (κ2) is 16.8. The Morgan fingerprint density at radius 2 is 1.52 bits per heavy atom. The Hall–Kier alpha value is -1.58. The van der Waals surface area contributed by atoms with Crippen molar-refractivity contribution in [1.29, 1.82) is 0 Å². The van der Waals surface area contributed by atoms with E-state index in [-0.39, 0.29) is 19.4 Å². The summed E-state index contributed by atoms with van der Waals surface area (Å²) in [6, 6.07) is 0. The zero-order valence-electron chi connectivity index (χ0n) is 14.6. The molecular weight excluding hydrogens is 292 g/mol. The maximum Gasteiger partial charge on any atom is 0.311 e. The molecule has 0 rings (SSSR count). The number of unbranched alkanes of at least 4 members (excludes halogenated alkanes) is 8. The fraction of sp³-hybridized carbons (Fsp3) is 0.684. The maximum atomic E-state index is 11.4. The molecule has 0 unspecified atom stereocenters. The Bertz CT molecular complexity index is 347. The number of carbonyl (C=O) groups excluding carboxylic acids is 2. The molecule has 0 saturated carbocycles. The van der Waals surface area contributed by atoms with E-state index in [1.54, 1.807) is 0 Å². The van der Waals surface area contributed by atoms with Crippen LogP contribution in [0.4, 0.5) is 0 Å². The highest BCUT2D eigenvalue weighted by molar-refractivity contribution is 5.77. The molecule has 0 heterocycles. The van der Waals surface area contributed by atoms with Crippen LogP contribution < -0.4 is 0 Å². The number of rotatable bonds is 15. The van der Waals surface area contributed by atoms with Crippen molar-refractivity contribution in [3.63, 3.8) is 0 Å². The molecule has 0 aromatic heterocycles. The molecule has 4 nitrogen and oxygen atoms in total. The first-order valence-corrected chi connectivity index (χ1v) is 8.81. The summed E-state index contributed by atoms with van der Waals surface area (Å²) >= 11 is 0. The Kier molecular flexibility index (Phi) is 15.6. The van der Waals surface area contributed by atoms with E-state index in [1.807, 2.05) is 6.08 Å². The van der Waals surface area contributed by atoms with Gasteiger partial charge >= 0.3 is 11.9 Å². The minimum atomic E-state index is -0.412. The van der Waals surface area contributed by atoms with Crippen LogP contribution in [0.3, 0.4) is 0 Å². The molecule has 0 aliphatic heterocycles. The van der Waals surface area contributed by atoms with Crippen molar-refractivity contribution in [3.8, 4) is 0 Å². The van der Waals surface area contributed by atoms with Gasteiger partial charge in [0.2, 0.25) is 0 Å². The topological polar surface area (TPSA) is 52.6 Å². The molecule has 0 bridgehead atoms. The minimum Gasteiger partial charge on any atom is -0.461 e. The maximum absolute atomic E-state index is 11.4. The van der Waals surface area contributed by atoms with E-state index < -0.39 is 11.9 Å². The highest BCUT2D eigenvalue weighted by atomic mass is 16.5. The van der Waals surface area contributed by atoms with Crippen molar-refractivity contribution in [1.82, 2.24) is 0 Å². The van der Waals surface area contributed by atoms with Crippen LogP contribution in [0.25, 0.3) is 0 Å². The summed E-state index contributed by atoms with van der Waals surface area (Å²) in [5, 5.41) is 0. The fourth-order valence-corrected chi connectivity index (χ4v) is 2.08. The molecule has 0 aliphatic rings. The lowest BCUT2D eigenvalue weighted by Gasteiger charge is -2.01. The lowest BCUT2D eigenvalue weighted by atomic mass is 10.1. The molecule has 4 heteroatoms. The summed E-state index contributed by atoms with van der Waals surface area (Å²) in [6.07, 6.45) is 16.1. The van der Waals surface area contributed by atoms with Crippen LogP contribution >= 0.6 is 0 Å². The molecule has 0 N–H and O–H groups in total. The number of allylic oxidation sites excluding steroid dienone is 1. The predicted molar refractivity (Wildman–Crippen MR) is 92.8 cm³/mol. The van der Waals surface area contributed by atoms with Gasteiger partial charge in [-0.25, -0.2) is 0 Å². The van der Waals surface area contributed by atoms with Crippen LogP contribution in [0.2, 0.25) is 0 Å². The summed E-state index contributed by atoms with van der Waals surface area (Å²) in [5.74, 6) is -0.822. The van der Waals surface area contributed by atoms with Crippen molar-refractivity contribution in [2.45, 2.75) is 77.6 Å². The number of ether oxygens (including phenoxy) is 2. The molecule has 0 atom stereocenters. The lowest BCUT2D eigenvalue weighted by Crippen LogP contribution is -2.08. The van der Waals surface area contributed by atoms with Gasteiger partial charge in [0.1, 0.15) is 6.61 Å². The molecular formula is C19H32O4. The second-order valence-corrected chi connectivity index (χ2v) is 5.60. The Balaban J connectivity index is 3.40. The predicted octanol–water partition coefficient (Wildman–Crippen LogP) is 5.08. The lowest BCUT2D eigenvalue weighted by molar-refractivity contribution is -0.147. The van der Waals surface area contributed by atoms with Gasteiger partial charge in [0, 0.05) is 0 Å². The second-order valence-electron chi connectivity index (χ2n) is 5.60. The quantitative estimate of drug-likeness (QED) is 0.182. The van der Waals surface area contributed by atoms with E-state index in [0.717, 1.165) is 12.8 Å². The molecule has 0 saturated heterocycles. The van der Waals surface area contributed by atoms with Crippen molar-refractivity contribution < 1.29 is 19.1 Å². The van der Waals surface area contributed by atoms with Crippen LogP contribution in [0, 0.1) is 0 Å². The monoisotopic (exact) mass is 324 g/mol. The largest absolute Gasteiger partial charge is 0.461 e. The summed E-state index contributed by atoms with van der Waals surface area (Å²) in [4.78, 5) is 22.6. The number of esters is 2. The standard InChI is InChI=1S/C19H32O4/c1-3-5-6-7-8-9-10-11-12-13-17-23-19(21)15-14-18(20)22-16-4-2/h4,13,17H,2-3,5-12,14-16H2,1H3. The van der Waals surface area contributed by atoms with Crippen molar-refractivity contribution in [2.24, 2.45) is 0 Å². The van der Waals surface area contributed by atoms with Gasteiger partial charge in [-0.15, -0.1) is 0 Å². The van der Waals surface area contributed by atoms with Crippen molar-refractivity contribution in [2.75, 3.05) is 6.61 Å². The van der Waals surface area contributed by atoms with Crippen LogP contribution in [0.5, 0.6) is 0 Å². The van der Waals surface area contributed by atoms with Gasteiger partial charge < -0.3 is 9.47 Å². The average molecular weight is 324 g/mol. The smallest absolute Gasteiger partial charge is 0.311 e. The normalized spacial score (nSPS) is 10.7. The first-order valence-electron chi connectivity index (χ1n) is 8.81.